The Morgan fingerprint density at radius 1 is 1.17 bits per heavy atom. The Bertz CT molecular complexity index is 170. The number of likely N-dealkylation sites (tertiary alicyclic amines) is 1. The van der Waals surface area contributed by atoms with E-state index in [-0.39, 0.29) is 0 Å². The van der Waals surface area contributed by atoms with Gasteiger partial charge < -0.3 is 9.71 Å². The molecule has 2 aliphatic rings. The minimum atomic E-state index is 0.543. The minimum absolute atomic E-state index is 0.543. The van der Waals surface area contributed by atoms with Crippen molar-refractivity contribution in [2.75, 3.05) is 33.2 Å². The summed E-state index contributed by atoms with van der Waals surface area (Å²) in [5.41, 5.74) is 0.543. The van der Waals surface area contributed by atoms with Gasteiger partial charge in [0, 0.05) is 6.54 Å². The summed E-state index contributed by atoms with van der Waals surface area (Å²) < 4.78 is 0. The lowest BCUT2D eigenvalue weighted by molar-refractivity contribution is 0.121. The van der Waals surface area contributed by atoms with Gasteiger partial charge in [0.2, 0.25) is 0 Å². The number of rotatable bonds is 0. The van der Waals surface area contributed by atoms with Gasteiger partial charge >= 0.3 is 0 Å². The molecule has 0 aromatic carbocycles. The highest BCUT2D eigenvalue weighted by Gasteiger charge is 2.38. The molecular weight excluding hydrogens is 147 g/mol. The first-order valence-electron chi connectivity index (χ1n) is 4.88. The number of piperidine rings is 1. The minimum Gasteiger partial charge on any atom is -0.353 e. The van der Waals surface area contributed by atoms with Crippen LogP contribution in [0.5, 0.6) is 0 Å². The standard InChI is InChI=1S/C9H17BN2/c1-11-5-2-3-9(7-11)4-6-12(10)8-9/h2-8H2,1H3. The molecule has 2 heterocycles. The molecule has 3 heteroatoms. The summed E-state index contributed by atoms with van der Waals surface area (Å²) in [6.07, 6.45) is 4.03. The van der Waals surface area contributed by atoms with Crippen molar-refractivity contribution in [2.24, 2.45) is 5.41 Å². The summed E-state index contributed by atoms with van der Waals surface area (Å²) in [6.45, 7) is 4.72. The average Bonchev–Trinajstić information content (AvgIpc) is 2.32. The van der Waals surface area contributed by atoms with Gasteiger partial charge in [-0.25, -0.2) is 0 Å². The molecule has 1 spiro atoms. The molecule has 2 rings (SSSR count). The Morgan fingerprint density at radius 3 is 2.58 bits per heavy atom. The first kappa shape index (κ1) is 8.58. The molecule has 2 aliphatic heterocycles. The van der Waals surface area contributed by atoms with Gasteiger partial charge in [-0.3, -0.25) is 0 Å². The van der Waals surface area contributed by atoms with Crippen molar-refractivity contribution < 1.29 is 0 Å². The molecule has 2 saturated heterocycles. The highest BCUT2D eigenvalue weighted by molar-refractivity contribution is 6.04. The van der Waals surface area contributed by atoms with Crippen LogP contribution in [0, 0.1) is 5.41 Å². The highest BCUT2D eigenvalue weighted by Crippen LogP contribution is 2.37. The molecule has 1 atom stereocenters. The van der Waals surface area contributed by atoms with Gasteiger partial charge in [0.15, 0.2) is 7.98 Å². The molecule has 2 fully saturated rings. The summed E-state index contributed by atoms with van der Waals surface area (Å²) in [5, 5.41) is 0. The van der Waals surface area contributed by atoms with Crippen LogP contribution in [0.1, 0.15) is 19.3 Å². The van der Waals surface area contributed by atoms with Gasteiger partial charge in [-0.15, -0.1) is 0 Å². The van der Waals surface area contributed by atoms with Crippen molar-refractivity contribution in [3.63, 3.8) is 0 Å². The molecule has 2 radical (unpaired) electrons. The molecular formula is C9H17BN2. The van der Waals surface area contributed by atoms with Gasteiger partial charge in [0.1, 0.15) is 0 Å². The van der Waals surface area contributed by atoms with E-state index in [1.165, 1.54) is 32.4 Å². The smallest absolute Gasteiger partial charge is 0.182 e. The molecule has 0 amide bonds. The maximum Gasteiger partial charge on any atom is 0.182 e. The van der Waals surface area contributed by atoms with E-state index in [9.17, 15) is 0 Å². The number of nitrogens with zero attached hydrogens (tertiary/aromatic N) is 2. The van der Waals surface area contributed by atoms with E-state index in [1.54, 1.807) is 0 Å². The van der Waals surface area contributed by atoms with E-state index in [1.807, 2.05) is 4.81 Å². The van der Waals surface area contributed by atoms with Crippen LogP contribution in [0.4, 0.5) is 0 Å². The quantitative estimate of drug-likeness (QED) is 0.480. The van der Waals surface area contributed by atoms with Crippen LogP contribution in [-0.2, 0) is 0 Å². The normalized spacial score (nSPS) is 39.4. The second kappa shape index (κ2) is 3.04. The predicted octanol–water partition coefficient (Wildman–Crippen LogP) is 0.488. The Labute approximate surface area is 76.3 Å². The van der Waals surface area contributed by atoms with E-state index in [0.29, 0.717) is 5.41 Å². The Morgan fingerprint density at radius 2 is 2.00 bits per heavy atom. The zero-order chi connectivity index (χ0) is 8.60. The van der Waals surface area contributed by atoms with Gasteiger partial charge in [-0.2, -0.15) is 0 Å². The van der Waals surface area contributed by atoms with Crippen LogP contribution in [0.3, 0.4) is 0 Å². The van der Waals surface area contributed by atoms with Crippen molar-refractivity contribution in [3.05, 3.63) is 0 Å². The third kappa shape index (κ3) is 1.53. The molecule has 2 nitrogen and oxygen atoms in total. The summed E-state index contributed by atoms with van der Waals surface area (Å²) in [6, 6.07) is 0. The van der Waals surface area contributed by atoms with Gasteiger partial charge in [-0.05, 0) is 51.4 Å². The molecule has 0 bridgehead atoms. The molecule has 0 saturated carbocycles. The Kier molecular flexibility index (Phi) is 2.17. The van der Waals surface area contributed by atoms with E-state index < -0.39 is 0 Å². The van der Waals surface area contributed by atoms with Gasteiger partial charge in [0.05, 0.1) is 0 Å². The molecule has 0 aromatic rings. The lowest BCUT2D eigenvalue weighted by atomic mass is 9.79. The predicted molar refractivity (Wildman–Crippen MR) is 51.1 cm³/mol. The summed E-state index contributed by atoms with van der Waals surface area (Å²) >= 11 is 0. The fourth-order valence-corrected chi connectivity index (χ4v) is 2.76. The zero-order valence-corrected chi connectivity index (χ0v) is 7.92. The van der Waals surface area contributed by atoms with Crippen molar-refractivity contribution in [2.45, 2.75) is 19.3 Å². The summed E-state index contributed by atoms with van der Waals surface area (Å²) in [7, 11) is 8.02. The summed E-state index contributed by atoms with van der Waals surface area (Å²) in [4.78, 5) is 4.43. The largest absolute Gasteiger partial charge is 0.353 e. The average molecular weight is 164 g/mol. The monoisotopic (exact) mass is 164 g/mol. The number of hydrogen-bond acceptors (Lipinski definition) is 2. The lowest BCUT2D eigenvalue weighted by Gasteiger charge is -2.38. The third-order valence-electron chi connectivity index (χ3n) is 3.32. The number of hydrogen-bond donors (Lipinski definition) is 0. The van der Waals surface area contributed by atoms with Crippen molar-refractivity contribution in [3.8, 4) is 0 Å². The topological polar surface area (TPSA) is 6.48 Å². The van der Waals surface area contributed by atoms with Gasteiger partial charge in [0.25, 0.3) is 0 Å². The van der Waals surface area contributed by atoms with Crippen molar-refractivity contribution in [1.82, 2.24) is 9.71 Å². The van der Waals surface area contributed by atoms with E-state index in [2.05, 4.69) is 11.9 Å². The van der Waals surface area contributed by atoms with Crippen LogP contribution >= 0.6 is 0 Å². The van der Waals surface area contributed by atoms with Crippen LogP contribution in [-0.4, -0.2) is 50.9 Å². The Hall–Kier alpha value is -0.0151. The SMILES string of the molecule is [B]N1CCC2(CCCN(C)C2)C1. The second-order valence-electron chi connectivity index (χ2n) is 4.56. The first-order chi connectivity index (χ1) is 5.70. The van der Waals surface area contributed by atoms with Crippen LogP contribution in [0.2, 0.25) is 0 Å². The van der Waals surface area contributed by atoms with Crippen molar-refractivity contribution >= 4 is 7.98 Å². The molecule has 1 unspecified atom stereocenters. The van der Waals surface area contributed by atoms with E-state index in [4.69, 9.17) is 7.98 Å². The van der Waals surface area contributed by atoms with Crippen molar-refractivity contribution in [1.29, 1.82) is 0 Å². The van der Waals surface area contributed by atoms with Crippen LogP contribution < -0.4 is 0 Å². The zero-order valence-electron chi connectivity index (χ0n) is 7.92. The van der Waals surface area contributed by atoms with Gasteiger partial charge in [-0.1, -0.05) is 0 Å². The maximum absolute atomic E-state index is 5.80. The molecule has 0 aromatic heterocycles. The summed E-state index contributed by atoms with van der Waals surface area (Å²) in [5.74, 6) is 0. The first-order valence-corrected chi connectivity index (χ1v) is 4.88. The van der Waals surface area contributed by atoms with E-state index in [0.717, 1.165) is 13.1 Å². The van der Waals surface area contributed by atoms with Crippen LogP contribution in [0.15, 0.2) is 0 Å². The molecule has 12 heavy (non-hydrogen) atoms. The molecule has 0 aliphatic carbocycles. The molecule has 66 valence electrons. The maximum atomic E-state index is 5.80. The van der Waals surface area contributed by atoms with Crippen LogP contribution in [0.25, 0.3) is 0 Å². The fraction of sp³-hybridized carbons (Fsp3) is 1.00. The molecule has 0 N–H and O–H groups in total. The highest BCUT2D eigenvalue weighted by atomic mass is 15.1. The lowest BCUT2D eigenvalue weighted by Crippen LogP contribution is -2.42. The Balaban J connectivity index is 2.00. The van der Waals surface area contributed by atoms with E-state index >= 15 is 0 Å². The fourth-order valence-electron chi connectivity index (χ4n) is 2.76. The second-order valence-corrected chi connectivity index (χ2v) is 4.56. The third-order valence-corrected chi connectivity index (χ3v) is 3.32.